The summed E-state index contributed by atoms with van der Waals surface area (Å²) in [5, 5.41) is 31.9. The number of hydrogen-bond acceptors (Lipinski definition) is 7. The standard InChI is InChI=1S/C24H24INO7/c1-32-19-8-12(7-17(25)21(19)28)18-10-16-20-15(9-13(11-27)24(16,31)33-18)22(29)26(23(20)30)14-5-3-2-4-6-14/h2-8,13,15-16,18,20,27-28,31H,9-11H2,1H3/t13-,15+,16+,18+,20+,24-/m1/s1. The van der Waals surface area contributed by atoms with Crippen LogP contribution in [0.4, 0.5) is 5.69 Å². The Labute approximate surface area is 204 Å². The predicted molar refractivity (Wildman–Crippen MR) is 125 cm³/mol. The van der Waals surface area contributed by atoms with Gasteiger partial charge in [0, 0.05) is 11.8 Å². The molecule has 0 aromatic heterocycles. The van der Waals surface area contributed by atoms with Gasteiger partial charge in [0.25, 0.3) is 0 Å². The van der Waals surface area contributed by atoms with Crippen molar-refractivity contribution in [2.45, 2.75) is 24.7 Å². The van der Waals surface area contributed by atoms with Gasteiger partial charge in [0.1, 0.15) is 0 Å². The van der Waals surface area contributed by atoms with Crippen molar-refractivity contribution in [1.82, 2.24) is 0 Å². The lowest BCUT2D eigenvalue weighted by atomic mass is 9.64. The number of aromatic hydroxyl groups is 1. The maximum atomic E-state index is 13.5. The number of para-hydroxylation sites is 1. The third-order valence-corrected chi connectivity index (χ3v) is 8.06. The summed E-state index contributed by atoms with van der Waals surface area (Å²) in [7, 11) is 1.45. The van der Waals surface area contributed by atoms with E-state index in [1.54, 1.807) is 36.4 Å². The zero-order valence-corrected chi connectivity index (χ0v) is 20.0. The number of rotatable bonds is 4. The first-order valence-electron chi connectivity index (χ1n) is 10.8. The number of benzene rings is 2. The molecule has 9 heteroatoms. The molecule has 2 saturated heterocycles. The average Bonchev–Trinajstić information content (AvgIpc) is 3.29. The van der Waals surface area contributed by atoms with E-state index in [9.17, 15) is 24.9 Å². The number of fused-ring (bicyclic) bond motifs is 3. The molecule has 2 heterocycles. The van der Waals surface area contributed by atoms with Gasteiger partial charge < -0.3 is 24.8 Å². The molecular formula is C24H24INO7. The number of methoxy groups -OCH3 is 1. The summed E-state index contributed by atoms with van der Waals surface area (Å²) in [6.07, 6.45) is -0.144. The van der Waals surface area contributed by atoms with E-state index in [1.807, 2.05) is 28.7 Å². The lowest BCUT2D eigenvalue weighted by Crippen LogP contribution is -2.54. The molecule has 2 aliphatic heterocycles. The number of phenols is 1. The zero-order valence-electron chi connectivity index (χ0n) is 17.8. The lowest BCUT2D eigenvalue weighted by Gasteiger charge is -2.44. The second kappa shape index (κ2) is 8.23. The topological polar surface area (TPSA) is 117 Å². The summed E-state index contributed by atoms with van der Waals surface area (Å²) in [6.45, 7) is -0.369. The molecule has 0 bridgehead atoms. The summed E-state index contributed by atoms with van der Waals surface area (Å²) in [5.41, 5.74) is 1.18. The fraction of sp³-hybridized carbons (Fsp3) is 0.417. The van der Waals surface area contributed by atoms with Crippen LogP contribution in [0, 0.1) is 27.2 Å². The van der Waals surface area contributed by atoms with Crippen molar-refractivity contribution in [1.29, 1.82) is 0 Å². The third kappa shape index (κ3) is 3.36. The van der Waals surface area contributed by atoms with Crippen molar-refractivity contribution < 1.29 is 34.4 Å². The predicted octanol–water partition coefficient (Wildman–Crippen LogP) is 2.59. The van der Waals surface area contributed by atoms with Crippen LogP contribution < -0.4 is 9.64 Å². The Kier molecular flexibility index (Phi) is 5.63. The molecule has 174 valence electrons. The van der Waals surface area contributed by atoms with E-state index < -0.39 is 35.6 Å². The Morgan fingerprint density at radius 3 is 2.58 bits per heavy atom. The lowest BCUT2D eigenvalue weighted by molar-refractivity contribution is -0.274. The summed E-state index contributed by atoms with van der Waals surface area (Å²) in [6, 6.07) is 12.1. The average molecular weight is 565 g/mol. The van der Waals surface area contributed by atoms with Crippen molar-refractivity contribution in [2.75, 3.05) is 18.6 Å². The number of halogens is 1. The Bertz CT molecular complexity index is 1110. The molecule has 1 saturated carbocycles. The van der Waals surface area contributed by atoms with Crippen molar-refractivity contribution >= 4 is 40.1 Å². The maximum Gasteiger partial charge on any atom is 0.238 e. The number of aliphatic hydroxyl groups is 2. The Morgan fingerprint density at radius 2 is 1.91 bits per heavy atom. The fourth-order valence-corrected chi connectivity index (χ4v) is 6.29. The van der Waals surface area contributed by atoms with Gasteiger partial charge in [-0.05, 0) is 65.3 Å². The highest BCUT2D eigenvalue weighted by molar-refractivity contribution is 14.1. The van der Waals surface area contributed by atoms with Gasteiger partial charge in [-0.15, -0.1) is 0 Å². The molecule has 3 aliphatic rings. The first-order chi connectivity index (χ1) is 15.8. The Morgan fingerprint density at radius 1 is 1.18 bits per heavy atom. The van der Waals surface area contributed by atoms with E-state index in [0.29, 0.717) is 21.2 Å². The molecule has 3 fully saturated rings. The van der Waals surface area contributed by atoms with Gasteiger partial charge in [-0.1, -0.05) is 18.2 Å². The van der Waals surface area contributed by atoms with Crippen LogP contribution in [0.2, 0.25) is 0 Å². The smallest absolute Gasteiger partial charge is 0.238 e. The van der Waals surface area contributed by atoms with Crippen LogP contribution in [0.1, 0.15) is 24.5 Å². The molecule has 3 N–H and O–H groups in total. The van der Waals surface area contributed by atoms with Crippen LogP contribution in [0.5, 0.6) is 11.5 Å². The first-order valence-corrected chi connectivity index (χ1v) is 11.9. The number of ether oxygens (including phenoxy) is 2. The molecule has 0 radical (unpaired) electrons. The van der Waals surface area contributed by atoms with Gasteiger partial charge in [0.2, 0.25) is 11.8 Å². The minimum atomic E-state index is -1.75. The highest BCUT2D eigenvalue weighted by atomic mass is 127. The number of imide groups is 1. The summed E-state index contributed by atoms with van der Waals surface area (Å²) in [5.74, 6) is -4.86. The quantitative estimate of drug-likeness (QED) is 0.386. The SMILES string of the molecule is COc1cc([C@@H]2C[C@H]3[C@H]4C(=O)N(c5ccccc5)C(=O)[C@H]4C[C@H](CO)[C@@]3(O)O2)cc(I)c1O. The van der Waals surface area contributed by atoms with E-state index in [4.69, 9.17) is 9.47 Å². The molecule has 2 aromatic rings. The van der Waals surface area contributed by atoms with Crippen LogP contribution in [0.15, 0.2) is 42.5 Å². The maximum absolute atomic E-state index is 13.5. The molecule has 0 spiro atoms. The third-order valence-electron chi connectivity index (χ3n) is 7.24. The van der Waals surface area contributed by atoms with Crippen LogP contribution in [0.25, 0.3) is 0 Å². The largest absolute Gasteiger partial charge is 0.504 e. The second-order valence-corrected chi connectivity index (χ2v) is 10.0. The van der Waals surface area contributed by atoms with Crippen LogP contribution >= 0.6 is 22.6 Å². The minimum Gasteiger partial charge on any atom is -0.504 e. The number of carbonyl (C=O) groups excluding carboxylic acids is 2. The normalized spacial score (nSPS) is 33.2. The zero-order chi connectivity index (χ0) is 23.5. The Balaban J connectivity index is 1.53. The molecule has 33 heavy (non-hydrogen) atoms. The van der Waals surface area contributed by atoms with Crippen LogP contribution in [-0.2, 0) is 14.3 Å². The number of anilines is 1. The number of phenolic OH excluding ortho intramolecular Hbond substituents is 1. The number of aliphatic hydroxyl groups excluding tert-OH is 1. The number of carbonyl (C=O) groups is 2. The summed E-state index contributed by atoms with van der Waals surface area (Å²) in [4.78, 5) is 28.0. The number of hydrogen-bond donors (Lipinski definition) is 3. The van der Waals surface area contributed by atoms with E-state index in [1.165, 1.54) is 12.0 Å². The minimum absolute atomic E-state index is 0.0133. The molecule has 5 rings (SSSR count). The first kappa shape index (κ1) is 22.6. The van der Waals surface area contributed by atoms with Crippen molar-refractivity contribution in [2.24, 2.45) is 23.7 Å². The molecule has 8 nitrogen and oxygen atoms in total. The number of amides is 2. The van der Waals surface area contributed by atoms with Crippen LogP contribution in [-0.4, -0.2) is 46.6 Å². The van der Waals surface area contributed by atoms with Crippen LogP contribution in [0.3, 0.4) is 0 Å². The Hall–Kier alpha value is -2.21. The van der Waals surface area contributed by atoms with Crippen molar-refractivity contribution in [3.05, 3.63) is 51.6 Å². The second-order valence-electron chi connectivity index (χ2n) is 8.85. The van der Waals surface area contributed by atoms with E-state index in [2.05, 4.69) is 0 Å². The summed E-state index contributed by atoms with van der Waals surface area (Å²) >= 11 is 1.99. The number of nitrogens with zero attached hydrogens (tertiary/aromatic N) is 1. The van der Waals surface area contributed by atoms with Gasteiger partial charge in [0.05, 0.1) is 40.9 Å². The molecule has 2 amide bonds. The highest BCUT2D eigenvalue weighted by Gasteiger charge is 2.66. The van der Waals surface area contributed by atoms with Gasteiger partial charge in [-0.2, -0.15) is 0 Å². The molecule has 1 aliphatic carbocycles. The van der Waals surface area contributed by atoms with Crippen molar-refractivity contribution in [3.63, 3.8) is 0 Å². The van der Waals surface area contributed by atoms with Gasteiger partial charge in [-0.25, -0.2) is 0 Å². The molecule has 2 aromatic carbocycles. The van der Waals surface area contributed by atoms with E-state index >= 15 is 0 Å². The van der Waals surface area contributed by atoms with Gasteiger partial charge >= 0.3 is 0 Å². The van der Waals surface area contributed by atoms with Gasteiger partial charge in [-0.3, -0.25) is 14.5 Å². The molecular weight excluding hydrogens is 541 g/mol. The molecule has 0 unspecified atom stereocenters. The molecule has 6 atom stereocenters. The van der Waals surface area contributed by atoms with E-state index in [0.717, 1.165) is 0 Å². The van der Waals surface area contributed by atoms with E-state index in [-0.39, 0.29) is 36.3 Å². The summed E-state index contributed by atoms with van der Waals surface area (Å²) < 4.78 is 12.0. The monoisotopic (exact) mass is 565 g/mol. The van der Waals surface area contributed by atoms with Gasteiger partial charge in [0.15, 0.2) is 17.3 Å². The van der Waals surface area contributed by atoms with Crippen molar-refractivity contribution in [3.8, 4) is 11.5 Å². The highest BCUT2D eigenvalue weighted by Crippen LogP contribution is 2.58. The fourth-order valence-electron chi connectivity index (χ4n) is 5.67.